The fraction of sp³-hybridized carbons (Fsp3) is 0.350. The van der Waals surface area contributed by atoms with E-state index in [-0.39, 0.29) is 17.0 Å². The van der Waals surface area contributed by atoms with E-state index < -0.39 is 15.9 Å². The molecule has 1 N–H and O–H groups in total. The van der Waals surface area contributed by atoms with E-state index in [1.54, 1.807) is 25.1 Å². The highest BCUT2D eigenvalue weighted by Crippen LogP contribution is 2.32. The van der Waals surface area contributed by atoms with Crippen molar-refractivity contribution in [3.05, 3.63) is 47.5 Å². The second-order valence-electron chi connectivity index (χ2n) is 6.46. The maximum absolute atomic E-state index is 13.1. The maximum atomic E-state index is 13.1. The third-order valence-corrected chi connectivity index (χ3v) is 6.27. The lowest BCUT2D eigenvalue weighted by molar-refractivity contribution is 0.0952. The largest absolute Gasteiger partial charge is 0.496 e. The molecule has 0 bridgehead atoms. The molecule has 2 aromatic rings. The lowest BCUT2D eigenvalue weighted by atomic mass is 10.2. The SMILES string of the molecule is CCNC(=O)c1cc(S(=O)(=O)N(C)Cc2ccc3c(c2)OCCO3)ccc1OC. The molecule has 0 saturated heterocycles. The van der Waals surface area contributed by atoms with E-state index in [2.05, 4.69) is 5.32 Å². The number of hydrogen-bond acceptors (Lipinski definition) is 6. The maximum Gasteiger partial charge on any atom is 0.255 e. The molecular formula is C20H24N2O6S. The van der Waals surface area contributed by atoms with Crippen LogP contribution >= 0.6 is 0 Å². The molecule has 0 aliphatic carbocycles. The van der Waals surface area contributed by atoms with Crippen molar-refractivity contribution in [1.29, 1.82) is 0 Å². The number of carbonyl (C=O) groups is 1. The number of sulfonamides is 1. The molecule has 0 saturated carbocycles. The first kappa shape index (κ1) is 20.9. The number of amides is 1. The van der Waals surface area contributed by atoms with Gasteiger partial charge in [0.2, 0.25) is 10.0 Å². The lowest BCUT2D eigenvalue weighted by Crippen LogP contribution is -2.28. The van der Waals surface area contributed by atoms with Crippen LogP contribution in [-0.2, 0) is 16.6 Å². The highest BCUT2D eigenvalue weighted by molar-refractivity contribution is 7.89. The Morgan fingerprint density at radius 1 is 1.14 bits per heavy atom. The summed E-state index contributed by atoms with van der Waals surface area (Å²) in [6.45, 7) is 3.29. The van der Waals surface area contributed by atoms with E-state index in [0.29, 0.717) is 37.0 Å². The third-order valence-electron chi connectivity index (χ3n) is 4.47. The number of ether oxygens (including phenoxy) is 3. The normalized spacial score (nSPS) is 13.2. The van der Waals surface area contributed by atoms with Crippen LogP contribution in [0.25, 0.3) is 0 Å². The number of hydrogen-bond donors (Lipinski definition) is 1. The van der Waals surface area contributed by atoms with Crippen molar-refractivity contribution in [1.82, 2.24) is 9.62 Å². The molecule has 0 aromatic heterocycles. The van der Waals surface area contributed by atoms with E-state index in [1.165, 1.54) is 36.7 Å². The summed E-state index contributed by atoms with van der Waals surface area (Å²) in [6.07, 6.45) is 0. The molecular weight excluding hydrogens is 396 g/mol. The van der Waals surface area contributed by atoms with E-state index >= 15 is 0 Å². The molecule has 0 fully saturated rings. The highest BCUT2D eigenvalue weighted by Gasteiger charge is 2.24. The number of benzene rings is 2. The van der Waals surface area contributed by atoms with Gasteiger partial charge in [-0.1, -0.05) is 6.07 Å². The summed E-state index contributed by atoms with van der Waals surface area (Å²) in [5.41, 5.74) is 0.931. The minimum absolute atomic E-state index is 0.0135. The Morgan fingerprint density at radius 3 is 2.55 bits per heavy atom. The van der Waals surface area contributed by atoms with Gasteiger partial charge in [-0.15, -0.1) is 0 Å². The Kier molecular flexibility index (Phi) is 6.29. The first-order valence-electron chi connectivity index (χ1n) is 9.18. The molecule has 2 aromatic carbocycles. The summed E-state index contributed by atoms with van der Waals surface area (Å²) in [5.74, 6) is 1.16. The van der Waals surface area contributed by atoms with Crippen molar-refractivity contribution in [2.75, 3.05) is 33.9 Å². The Morgan fingerprint density at radius 2 is 1.86 bits per heavy atom. The van der Waals surface area contributed by atoms with Gasteiger partial charge in [-0.2, -0.15) is 4.31 Å². The highest BCUT2D eigenvalue weighted by atomic mass is 32.2. The van der Waals surface area contributed by atoms with Crippen LogP contribution < -0.4 is 19.5 Å². The zero-order chi connectivity index (χ0) is 21.0. The number of rotatable bonds is 7. The summed E-state index contributed by atoms with van der Waals surface area (Å²) in [6, 6.07) is 9.58. The van der Waals surface area contributed by atoms with Crippen molar-refractivity contribution >= 4 is 15.9 Å². The van der Waals surface area contributed by atoms with E-state index in [0.717, 1.165) is 5.56 Å². The number of fused-ring (bicyclic) bond motifs is 1. The number of methoxy groups -OCH3 is 1. The second-order valence-corrected chi connectivity index (χ2v) is 8.51. The van der Waals surface area contributed by atoms with Crippen LogP contribution in [0.4, 0.5) is 0 Å². The van der Waals surface area contributed by atoms with Crippen LogP contribution in [0.5, 0.6) is 17.2 Å². The molecule has 1 aliphatic heterocycles. The van der Waals surface area contributed by atoms with Gasteiger partial charge in [-0.3, -0.25) is 4.79 Å². The molecule has 0 spiro atoms. The van der Waals surface area contributed by atoms with Gasteiger partial charge >= 0.3 is 0 Å². The monoisotopic (exact) mass is 420 g/mol. The van der Waals surface area contributed by atoms with E-state index in [9.17, 15) is 13.2 Å². The standard InChI is InChI=1S/C20H24N2O6S/c1-4-21-20(23)16-12-15(6-8-17(16)26-3)29(24,25)22(2)13-14-5-7-18-19(11-14)28-10-9-27-18/h5-8,11-12H,4,9-10,13H2,1-3H3,(H,21,23). The molecule has 0 atom stereocenters. The zero-order valence-electron chi connectivity index (χ0n) is 16.6. The zero-order valence-corrected chi connectivity index (χ0v) is 17.4. The van der Waals surface area contributed by atoms with Gasteiger partial charge in [0.25, 0.3) is 5.91 Å². The summed E-state index contributed by atoms with van der Waals surface area (Å²) in [5, 5.41) is 2.66. The Labute approximate surface area is 170 Å². The van der Waals surface area contributed by atoms with Gasteiger partial charge in [-0.25, -0.2) is 8.42 Å². The van der Waals surface area contributed by atoms with Gasteiger partial charge in [0, 0.05) is 20.1 Å². The van der Waals surface area contributed by atoms with Crippen molar-refractivity contribution in [3.8, 4) is 17.2 Å². The Bertz CT molecular complexity index is 1010. The molecule has 3 rings (SSSR count). The number of nitrogens with zero attached hydrogens (tertiary/aromatic N) is 1. The Hall–Kier alpha value is -2.78. The quantitative estimate of drug-likeness (QED) is 0.737. The van der Waals surface area contributed by atoms with Crippen molar-refractivity contribution in [2.24, 2.45) is 0 Å². The summed E-state index contributed by atoms with van der Waals surface area (Å²) < 4.78 is 43.6. The van der Waals surface area contributed by atoms with Crippen LogP contribution in [0.1, 0.15) is 22.8 Å². The molecule has 9 heteroatoms. The molecule has 1 aliphatic rings. The predicted octanol–water partition coefficient (Wildman–Crippen LogP) is 2.04. The molecule has 156 valence electrons. The fourth-order valence-electron chi connectivity index (χ4n) is 2.99. The minimum Gasteiger partial charge on any atom is -0.496 e. The third kappa shape index (κ3) is 4.46. The average molecular weight is 420 g/mol. The number of carbonyl (C=O) groups excluding carboxylic acids is 1. The first-order chi connectivity index (χ1) is 13.9. The van der Waals surface area contributed by atoms with Gasteiger partial charge < -0.3 is 19.5 Å². The molecule has 0 unspecified atom stereocenters. The van der Waals surface area contributed by atoms with Crippen LogP contribution in [0.15, 0.2) is 41.3 Å². The lowest BCUT2D eigenvalue weighted by Gasteiger charge is -2.21. The van der Waals surface area contributed by atoms with Gasteiger partial charge in [0.1, 0.15) is 19.0 Å². The average Bonchev–Trinajstić information content (AvgIpc) is 2.73. The van der Waals surface area contributed by atoms with Crippen LogP contribution in [-0.4, -0.2) is 52.5 Å². The summed E-state index contributed by atoms with van der Waals surface area (Å²) >= 11 is 0. The van der Waals surface area contributed by atoms with Crippen LogP contribution in [0.3, 0.4) is 0 Å². The van der Waals surface area contributed by atoms with E-state index in [4.69, 9.17) is 14.2 Å². The van der Waals surface area contributed by atoms with Crippen molar-refractivity contribution < 1.29 is 27.4 Å². The van der Waals surface area contributed by atoms with Crippen LogP contribution in [0, 0.1) is 0 Å². The summed E-state index contributed by atoms with van der Waals surface area (Å²) in [4.78, 5) is 12.3. The topological polar surface area (TPSA) is 94.2 Å². The fourth-order valence-corrected chi connectivity index (χ4v) is 4.17. The van der Waals surface area contributed by atoms with E-state index in [1.807, 2.05) is 0 Å². The summed E-state index contributed by atoms with van der Waals surface area (Å²) in [7, 11) is -0.910. The smallest absolute Gasteiger partial charge is 0.255 e. The molecule has 1 heterocycles. The Balaban J connectivity index is 1.86. The number of nitrogens with one attached hydrogen (secondary N) is 1. The van der Waals surface area contributed by atoms with Gasteiger partial charge in [-0.05, 0) is 42.8 Å². The molecule has 0 radical (unpaired) electrons. The molecule has 29 heavy (non-hydrogen) atoms. The van der Waals surface area contributed by atoms with Crippen molar-refractivity contribution in [2.45, 2.75) is 18.4 Å². The minimum atomic E-state index is -3.83. The molecule has 8 nitrogen and oxygen atoms in total. The van der Waals surface area contributed by atoms with Crippen LogP contribution in [0.2, 0.25) is 0 Å². The first-order valence-corrected chi connectivity index (χ1v) is 10.6. The molecule has 1 amide bonds. The second kappa shape index (κ2) is 8.71. The van der Waals surface area contributed by atoms with Gasteiger partial charge in [0.05, 0.1) is 17.6 Å². The van der Waals surface area contributed by atoms with Gasteiger partial charge in [0.15, 0.2) is 11.5 Å². The van der Waals surface area contributed by atoms with Crippen molar-refractivity contribution in [3.63, 3.8) is 0 Å². The predicted molar refractivity (Wildman–Crippen MR) is 107 cm³/mol.